The molecule has 238 valence electrons. The van der Waals surface area contributed by atoms with Gasteiger partial charge in [0.2, 0.25) is 5.95 Å². The largest absolute Gasteiger partial charge is 0.489 e. The first kappa shape index (κ1) is 32.2. The number of likely N-dealkylation sites (N-methyl/N-ethyl adjacent to an activating group) is 1. The van der Waals surface area contributed by atoms with Crippen LogP contribution in [0.25, 0.3) is 11.1 Å². The molecule has 1 aliphatic rings. The SMILES string of the molecule is Cc1cc(OC(C)C)c(Nc2ncc(C)c(Nc3ccccc3S(=O)(=O)C(C)C)n2)cc1-c1ccc(N2CCN(C)CC2)nc1. The molecule has 3 heterocycles. The summed E-state index contributed by atoms with van der Waals surface area (Å²) in [4.78, 5) is 19.0. The molecule has 0 saturated carbocycles. The van der Waals surface area contributed by atoms with Gasteiger partial charge in [-0.25, -0.2) is 18.4 Å². The van der Waals surface area contributed by atoms with Crippen LogP contribution in [0.3, 0.4) is 0 Å². The van der Waals surface area contributed by atoms with Gasteiger partial charge in [0.05, 0.1) is 27.6 Å². The lowest BCUT2D eigenvalue weighted by Gasteiger charge is -2.33. The Kier molecular flexibility index (Phi) is 9.59. The first-order chi connectivity index (χ1) is 21.4. The number of piperazine rings is 1. The van der Waals surface area contributed by atoms with Crippen LogP contribution in [0.1, 0.15) is 38.8 Å². The van der Waals surface area contributed by atoms with Gasteiger partial charge in [0.25, 0.3) is 0 Å². The van der Waals surface area contributed by atoms with Crippen molar-refractivity contribution in [1.29, 1.82) is 0 Å². The van der Waals surface area contributed by atoms with Crippen molar-refractivity contribution in [2.75, 3.05) is 48.8 Å². The smallest absolute Gasteiger partial charge is 0.229 e. The molecule has 1 saturated heterocycles. The summed E-state index contributed by atoms with van der Waals surface area (Å²) < 4.78 is 32.3. The summed E-state index contributed by atoms with van der Waals surface area (Å²) >= 11 is 0. The molecule has 0 atom stereocenters. The van der Waals surface area contributed by atoms with E-state index in [1.165, 1.54) is 0 Å². The lowest BCUT2D eigenvalue weighted by Crippen LogP contribution is -2.44. The number of nitrogens with zero attached hydrogens (tertiary/aromatic N) is 5. The molecule has 0 spiro atoms. The summed E-state index contributed by atoms with van der Waals surface area (Å²) in [7, 11) is -1.36. The molecule has 5 rings (SSSR count). The van der Waals surface area contributed by atoms with Gasteiger partial charge in [-0.1, -0.05) is 12.1 Å². The molecule has 11 heteroatoms. The Bertz CT molecular complexity index is 1750. The summed E-state index contributed by atoms with van der Waals surface area (Å²) in [5.74, 6) is 2.51. The third-order valence-corrected chi connectivity index (χ3v) is 10.1. The molecule has 2 aromatic heterocycles. The van der Waals surface area contributed by atoms with Crippen molar-refractivity contribution in [3.63, 3.8) is 0 Å². The first-order valence-electron chi connectivity index (χ1n) is 15.3. The van der Waals surface area contributed by atoms with Crippen molar-refractivity contribution in [1.82, 2.24) is 19.9 Å². The fourth-order valence-electron chi connectivity index (χ4n) is 5.16. The maximum atomic E-state index is 13.0. The van der Waals surface area contributed by atoms with Gasteiger partial charge in [0.1, 0.15) is 17.4 Å². The van der Waals surface area contributed by atoms with Crippen LogP contribution in [-0.4, -0.2) is 72.9 Å². The normalized spacial score (nSPS) is 14.2. The van der Waals surface area contributed by atoms with Crippen molar-refractivity contribution in [2.45, 2.75) is 57.8 Å². The molecule has 0 aliphatic carbocycles. The predicted octanol–water partition coefficient (Wildman–Crippen LogP) is 6.36. The minimum absolute atomic E-state index is 0.0455. The van der Waals surface area contributed by atoms with Crippen LogP contribution in [0.4, 0.5) is 29.0 Å². The number of aromatic nitrogens is 3. The number of rotatable bonds is 10. The number of nitrogens with one attached hydrogen (secondary N) is 2. The molecule has 0 bridgehead atoms. The Labute approximate surface area is 266 Å². The van der Waals surface area contributed by atoms with Crippen LogP contribution in [-0.2, 0) is 9.84 Å². The van der Waals surface area contributed by atoms with E-state index in [1.54, 1.807) is 44.3 Å². The van der Waals surface area contributed by atoms with Crippen molar-refractivity contribution in [3.8, 4) is 16.9 Å². The van der Waals surface area contributed by atoms with Gasteiger partial charge >= 0.3 is 0 Å². The topological polar surface area (TPSA) is 113 Å². The zero-order valence-electron chi connectivity index (χ0n) is 27.1. The Balaban J connectivity index is 1.46. The third kappa shape index (κ3) is 7.37. The summed E-state index contributed by atoms with van der Waals surface area (Å²) in [5, 5.41) is 6.04. The summed E-state index contributed by atoms with van der Waals surface area (Å²) in [6, 6.07) is 15.1. The average molecular weight is 630 g/mol. The monoisotopic (exact) mass is 629 g/mol. The van der Waals surface area contributed by atoms with Gasteiger partial charge < -0.3 is 25.2 Å². The number of pyridine rings is 1. The molecule has 1 aliphatic heterocycles. The molecule has 4 aromatic rings. The van der Waals surface area contributed by atoms with Crippen molar-refractivity contribution >= 4 is 38.8 Å². The van der Waals surface area contributed by atoms with E-state index >= 15 is 0 Å². The highest BCUT2D eigenvalue weighted by Crippen LogP contribution is 2.37. The van der Waals surface area contributed by atoms with Gasteiger partial charge in [-0.2, -0.15) is 4.98 Å². The van der Waals surface area contributed by atoms with E-state index in [4.69, 9.17) is 14.7 Å². The summed E-state index contributed by atoms with van der Waals surface area (Å²) in [5.41, 5.74) is 5.02. The molecule has 0 amide bonds. The van der Waals surface area contributed by atoms with Gasteiger partial charge in [-0.05, 0) is 96.1 Å². The standard InChI is InChI=1S/C34H43N7O3S/c1-22(2)44-30-18-24(5)27(26-12-13-32(35-21-26)41-16-14-40(7)15-17-41)19-29(30)38-34-36-20-25(6)33(39-34)37-28-10-8-9-11-31(28)45(42,43)23(3)4/h8-13,18-23H,14-17H2,1-7H3,(H2,36,37,38,39). The number of sulfone groups is 1. The van der Waals surface area contributed by atoms with Crippen LogP contribution >= 0.6 is 0 Å². The Hall–Kier alpha value is -4.22. The number of hydrogen-bond donors (Lipinski definition) is 2. The summed E-state index contributed by atoms with van der Waals surface area (Å²) in [6.45, 7) is 15.2. The number of ether oxygens (including phenoxy) is 1. The molecule has 0 unspecified atom stereocenters. The first-order valence-corrected chi connectivity index (χ1v) is 16.9. The van der Waals surface area contributed by atoms with E-state index in [2.05, 4.69) is 51.5 Å². The number of aryl methyl sites for hydroxylation is 2. The zero-order chi connectivity index (χ0) is 32.3. The number of benzene rings is 2. The van der Waals surface area contributed by atoms with Crippen LogP contribution in [0, 0.1) is 13.8 Å². The van der Waals surface area contributed by atoms with E-state index in [1.807, 2.05) is 39.1 Å². The molecular weight excluding hydrogens is 586 g/mol. The Morgan fingerprint density at radius 1 is 0.844 bits per heavy atom. The number of para-hydroxylation sites is 1. The van der Waals surface area contributed by atoms with Gasteiger partial charge in [0, 0.05) is 49.7 Å². The number of hydrogen-bond acceptors (Lipinski definition) is 10. The highest BCUT2D eigenvalue weighted by atomic mass is 32.2. The van der Waals surface area contributed by atoms with E-state index in [0.29, 0.717) is 28.9 Å². The van der Waals surface area contributed by atoms with Crippen molar-refractivity contribution in [2.24, 2.45) is 0 Å². The molecule has 45 heavy (non-hydrogen) atoms. The second-order valence-corrected chi connectivity index (χ2v) is 14.6. The quantitative estimate of drug-likeness (QED) is 0.205. The van der Waals surface area contributed by atoms with E-state index < -0.39 is 15.1 Å². The van der Waals surface area contributed by atoms with Crippen LogP contribution in [0.15, 0.2) is 65.8 Å². The molecule has 10 nitrogen and oxygen atoms in total. The van der Waals surface area contributed by atoms with Crippen LogP contribution in [0.5, 0.6) is 5.75 Å². The van der Waals surface area contributed by atoms with E-state index in [-0.39, 0.29) is 11.0 Å². The minimum Gasteiger partial charge on any atom is -0.489 e. The predicted molar refractivity (Wildman–Crippen MR) is 182 cm³/mol. The second-order valence-electron chi connectivity index (χ2n) is 12.1. The molecular formula is C34H43N7O3S. The minimum atomic E-state index is -3.51. The third-order valence-electron chi connectivity index (χ3n) is 7.86. The maximum absolute atomic E-state index is 13.0. The van der Waals surface area contributed by atoms with Gasteiger partial charge in [0.15, 0.2) is 9.84 Å². The fourth-order valence-corrected chi connectivity index (χ4v) is 6.36. The second kappa shape index (κ2) is 13.4. The molecule has 1 fully saturated rings. The Morgan fingerprint density at radius 3 is 2.24 bits per heavy atom. The van der Waals surface area contributed by atoms with E-state index in [9.17, 15) is 8.42 Å². The maximum Gasteiger partial charge on any atom is 0.229 e. The van der Waals surface area contributed by atoms with Gasteiger partial charge in [-0.3, -0.25) is 0 Å². The summed E-state index contributed by atoms with van der Waals surface area (Å²) in [6.07, 6.45) is 3.59. The highest BCUT2D eigenvalue weighted by molar-refractivity contribution is 7.92. The van der Waals surface area contributed by atoms with Gasteiger partial charge in [-0.15, -0.1) is 0 Å². The zero-order valence-corrected chi connectivity index (χ0v) is 27.9. The fraction of sp³-hybridized carbons (Fsp3) is 0.382. The van der Waals surface area contributed by atoms with Crippen molar-refractivity contribution in [3.05, 3.63) is 72.1 Å². The lowest BCUT2D eigenvalue weighted by molar-refractivity contribution is 0.243. The van der Waals surface area contributed by atoms with Crippen LogP contribution in [0.2, 0.25) is 0 Å². The Morgan fingerprint density at radius 2 is 1.58 bits per heavy atom. The average Bonchev–Trinajstić information content (AvgIpc) is 3.00. The molecule has 0 radical (unpaired) electrons. The number of anilines is 5. The van der Waals surface area contributed by atoms with Crippen LogP contribution < -0.4 is 20.3 Å². The lowest BCUT2D eigenvalue weighted by atomic mass is 10.0. The van der Waals surface area contributed by atoms with E-state index in [0.717, 1.165) is 54.3 Å². The molecule has 2 N–H and O–H groups in total. The highest BCUT2D eigenvalue weighted by Gasteiger charge is 2.23. The van der Waals surface area contributed by atoms with Crippen molar-refractivity contribution < 1.29 is 13.2 Å². The molecule has 2 aromatic carbocycles.